The lowest BCUT2D eigenvalue weighted by Gasteiger charge is -2.08. The predicted octanol–water partition coefficient (Wildman–Crippen LogP) is 9.88. The van der Waals surface area contributed by atoms with E-state index in [-0.39, 0.29) is 0 Å². The number of para-hydroxylation sites is 3. The Balaban J connectivity index is 1.21. The number of fused-ring (bicyclic) bond motifs is 6. The van der Waals surface area contributed by atoms with Crippen LogP contribution in [0, 0.1) is 0 Å². The summed E-state index contributed by atoms with van der Waals surface area (Å²) < 4.78 is 4.69. The molecule has 0 bridgehead atoms. The Morgan fingerprint density at radius 1 is 0.360 bits per heavy atom. The molecule has 0 spiro atoms. The average molecular weight is 642 g/mol. The highest BCUT2D eigenvalue weighted by atomic mass is 15.1. The molecule has 0 aliphatic carbocycles. The van der Waals surface area contributed by atoms with E-state index >= 15 is 0 Å². The van der Waals surface area contributed by atoms with E-state index in [1.807, 2.05) is 66.7 Å². The number of pyridine rings is 1. The standard InChI is InChI=1S/C44H28N6/c1-4-15-29(16-5-1)42-46-43(30-17-6-2-7-18-30)48-44(47-42)36-23-14-26-41(45-36)50-38-25-13-11-22-33(38)35-27-39-34(28-40(35)50)32-21-10-12-24-37(32)49(39)31-19-8-3-9-20-31/h1-28H/p+1. The number of nitrogens with one attached hydrogen (secondary N) is 1. The van der Waals surface area contributed by atoms with E-state index in [0.717, 1.165) is 39.4 Å². The summed E-state index contributed by atoms with van der Waals surface area (Å²) in [6, 6.07) is 58.9. The minimum absolute atomic E-state index is 0.577. The van der Waals surface area contributed by atoms with Crippen LogP contribution < -0.4 is 4.98 Å². The van der Waals surface area contributed by atoms with Crippen molar-refractivity contribution in [1.29, 1.82) is 0 Å². The van der Waals surface area contributed by atoms with Crippen LogP contribution in [0.15, 0.2) is 170 Å². The molecule has 10 rings (SSSR count). The zero-order valence-corrected chi connectivity index (χ0v) is 26.9. The maximum absolute atomic E-state index is 4.99. The largest absolute Gasteiger partial charge is 0.309 e. The molecule has 6 nitrogen and oxygen atoms in total. The first kappa shape index (κ1) is 28.1. The molecule has 0 unspecified atom stereocenters. The van der Waals surface area contributed by atoms with Gasteiger partial charge in [-0.3, -0.25) is 0 Å². The summed E-state index contributed by atoms with van der Waals surface area (Å²) >= 11 is 0. The molecule has 0 saturated heterocycles. The molecule has 6 heteroatoms. The highest BCUT2D eigenvalue weighted by Gasteiger charge is 2.24. The Morgan fingerprint density at radius 3 is 1.44 bits per heavy atom. The summed E-state index contributed by atoms with van der Waals surface area (Å²) in [5.41, 5.74) is 8.41. The monoisotopic (exact) mass is 641 g/mol. The molecule has 4 heterocycles. The first-order chi connectivity index (χ1) is 24.8. The van der Waals surface area contributed by atoms with E-state index in [1.54, 1.807) is 0 Å². The molecular weight excluding hydrogens is 613 g/mol. The predicted molar refractivity (Wildman–Crippen MR) is 201 cm³/mol. The second kappa shape index (κ2) is 11.4. The summed E-state index contributed by atoms with van der Waals surface area (Å²) in [6.45, 7) is 0. The van der Waals surface area contributed by atoms with Crippen molar-refractivity contribution < 1.29 is 4.98 Å². The molecule has 10 aromatic rings. The van der Waals surface area contributed by atoms with Crippen LogP contribution in [0.3, 0.4) is 0 Å². The molecule has 234 valence electrons. The second-order valence-electron chi connectivity index (χ2n) is 12.4. The quantitative estimate of drug-likeness (QED) is 0.188. The molecule has 0 amide bonds. The van der Waals surface area contributed by atoms with Crippen LogP contribution in [-0.2, 0) is 0 Å². The van der Waals surface area contributed by atoms with E-state index in [0.29, 0.717) is 17.5 Å². The van der Waals surface area contributed by atoms with E-state index in [2.05, 4.69) is 117 Å². The van der Waals surface area contributed by atoms with Gasteiger partial charge in [0.25, 0.3) is 5.82 Å². The molecule has 0 fully saturated rings. The third kappa shape index (κ3) is 4.50. The van der Waals surface area contributed by atoms with Crippen LogP contribution in [0.2, 0.25) is 0 Å². The van der Waals surface area contributed by atoms with Crippen molar-refractivity contribution in [3.8, 4) is 45.8 Å². The number of hydrogen-bond donors (Lipinski definition) is 0. The van der Waals surface area contributed by atoms with Crippen LogP contribution in [0.1, 0.15) is 0 Å². The first-order valence-electron chi connectivity index (χ1n) is 16.7. The fourth-order valence-electron chi connectivity index (χ4n) is 7.19. The van der Waals surface area contributed by atoms with Crippen molar-refractivity contribution in [2.45, 2.75) is 0 Å². The summed E-state index contributed by atoms with van der Waals surface area (Å²) in [5.74, 6) is 2.75. The summed E-state index contributed by atoms with van der Waals surface area (Å²) in [4.78, 5) is 18.6. The van der Waals surface area contributed by atoms with E-state index in [1.165, 1.54) is 32.6 Å². The van der Waals surface area contributed by atoms with Gasteiger partial charge in [0.15, 0.2) is 17.3 Å². The third-order valence-corrected chi connectivity index (χ3v) is 9.44. The number of H-pyrrole nitrogens is 1. The Hall–Kier alpha value is -6.92. The van der Waals surface area contributed by atoms with Gasteiger partial charge in [0.05, 0.1) is 11.0 Å². The van der Waals surface area contributed by atoms with Gasteiger partial charge >= 0.3 is 0 Å². The highest BCUT2D eigenvalue weighted by molar-refractivity contribution is 6.18. The fraction of sp³-hybridized carbons (Fsp3) is 0. The molecule has 4 aromatic heterocycles. The third-order valence-electron chi connectivity index (χ3n) is 9.44. The molecule has 0 radical (unpaired) electrons. The van der Waals surface area contributed by atoms with E-state index < -0.39 is 0 Å². The molecule has 6 aromatic carbocycles. The van der Waals surface area contributed by atoms with Gasteiger partial charge in [0, 0.05) is 44.4 Å². The summed E-state index contributed by atoms with van der Waals surface area (Å²) in [7, 11) is 0. The van der Waals surface area contributed by atoms with Crippen LogP contribution in [-0.4, -0.2) is 24.1 Å². The van der Waals surface area contributed by atoms with Gasteiger partial charge in [0.2, 0.25) is 5.82 Å². The smallest absolute Gasteiger partial charge is 0.285 e. The van der Waals surface area contributed by atoms with Crippen LogP contribution >= 0.6 is 0 Å². The molecule has 50 heavy (non-hydrogen) atoms. The number of aromatic nitrogens is 6. The zero-order valence-electron chi connectivity index (χ0n) is 26.9. The van der Waals surface area contributed by atoms with Gasteiger partial charge in [-0.25, -0.2) is 19.9 Å². The lowest BCUT2D eigenvalue weighted by atomic mass is 10.1. The Bertz CT molecular complexity index is 2800. The Morgan fingerprint density at radius 2 is 0.840 bits per heavy atom. The number of rotatable bonds is 5. The number of nitrogens with zero attached hydrogens (tertiary/aromatic N) is 5. The van der Waals surface area contributed by atoms with Crippen molar-refractivity contribution in [2.24, 2.45) is 0 Å². The van der Waals surface area contributed by atoms with Crippen molar-refractivity contribution in [3.63, 3.8) is 0 Å². The Kier molecular flexibility index (Phi) is 6.39. The maximum atomic E-state index is 4.99. The van der Waals surface area contributed by atoms with Crippen molar-refractivity contribution in [1.82, 2.24) is 24.1 Å². The lowest BCUT2D eigenvalue weighted by Crippen LogP contribution is -2.17. The van der Waals surface area contributed by atoms with Gasteiger partial charge in [-0.05, 0) is 54.6 Å². The minimum Gasteiger partial charge on any atom is -0.309 e. The lowest BCUT2D eigenvalue weighted by molar-refractivity contribution is -0.359. The van der Waals surface area contributed by atoms with Gasteiger partial charge in [-0.2, -0.15) is 4.57 Å². The van der Waals surface area contributed by atoms with Crippen molar-refractivity contribution in [2.75, 3.05) is 0 Å². The average Bonchev–Trinajstić information content (AvgIpc) is 3.70. The SMILES string of the molecule is c1ccc(-c2nc(-c3ccccc3)nc(-c3cccc(-n4c5ccccc5c5cc6c(cc54)c4ccccc4n6-c4ccccc4)[nH+]3)n2)cc1. The molecule has 0 aliphatic rings. The van der Waals surface area contributed by atoms with Crippen molar-refractivity contribution in [3.05, 3.63) is 170 Å². The maximum Gasteiger partial charge on any atom is 0.285 e. The van der Waals surface area contributed by atoms with Gasteiger partial charge < -0.3 is 4.57 Å². The van der Waals surface area contributed by atoms with Gasteiger partial charge in [-0.1, -0.05) is 109 Å². The van der Waals surface area contributed by atoms with Crippen LogP contribution in [0.25, 0.3) is 89.4 Å². The molecule has 0 atom stereocenters. The molecular formula is C44H29N6+. The number of benzene rings is 6. The zero-order chi connectivity index (χ0) is 33.0. The number of aromatic amines is 1. The molecule has 0 aliphatic heterocycles. The van der Waals surface area contributed by atoms with Crippen molar-refractivity contribution >= 4 is 43.6 Å². The normalized spacial score (nSPS) is 11.6. The first-order valence-corrected chi connectivity index (χ1v) is 16.7. The van der Waals surface area contributed by atoms with Gasteiger partial charge in [0.1, 0.15) is 11.0 Å². The summed E-state index contributed by atoms with van der Waals surface area (Å²) in [6.07, 6.45) is 0. The van der Waals surface area contributed by atoms with Crippen LogP contribution in [0.5, 0.6) is 0 Å². The second-order valence-corrected chi connectivity index (χ2v) is 12.4. The Labute approximate surface area is 287 Å². The number of hydrogen-bond acceptors (Lipinski definition) is 3. The highest BCUT2D eigenvalue weighted by Crippen LogP contribution is 2.39. The van der Waals surface area contributed by atoms with E-state index in [4.69, 9.17) is 15.0 Å². The topological polar surface area (TPSA) is 62.7 Å². The summed E-state index contributed by atoms with van der Waals surface area (Å²) in [5, 5.41) is 4.79. The molecule has 1 N–H and O–H groups in total. The minimum atomic E-state index is 0.577. The van der Waals surface area contributed by atoms with Crippen LogP contribution in [0.4, 0.5) is 0 Å². The fourth-order valence-corrected chi connectivity index (χ4v) is 7.19. The van der Waals surface area contributed by atoms with E-state index in [9.17, 15) is 0 Å². The van der Waals surface area contributed by atoms with Gasteiger partial charge in [-0.15, -0.1) is 0 Å². The molecule has 0 saturated carbocycles.